The van der Waals surface area contributed by atoms with Crippen LogP contribution in [0.2, 0.25) is 0 Å². The Hall–Kier alpha value is -4.70. The molecule has 0 saturated carbocycles. The Morgan fingerprint density at radius 1 is 0.632 bits per heavy atom. The third kappa shape index (κ3) is 3.69. The number of fused-ring (bicyclic) bond motifs is 4. The quantitative estimate of drug-likeness (QED) is 0.247. The van der Waals surface area contributed by atoms with Gasteiger partial charge in [0.25, 0.3) is 0 Å². The van der Waals surface area contributed by atoms with Crippen LogP contribution in [0.25, 0.3) is 61.3 Å². The van der Waals surface area contributed by atoms with Crippen LogP contribution >= 0.6 is 0 Å². The third-order valence-electron chi connectivity index (χ3n) is 7.16. The van der Waals surface area contributed by atoms with Crippen molar-refractivity contribution < 1.29 is 4.42 Å². The molecule has 3 aromatic heterocycles. The summed E-state index contributed by atoms with van der Waals surface area (Å²) in [5.41, 5.74) is 9.01. The summed E-state index contributed by atoms with van der Waals surface area (Å²) in [4.78, 5) is 9.91. The predicted molar refractivity (Wildman–Crippen MR) is 156 cm³/mol. The second-order valence-electron chi connectivity index (χ2n) is 10.8. The van der Waals surface area contributed by atoms with E-state index in [1.807, 2.05) is 18.2 Å². The minimum Gasteiger partial charge on any atom is -0.438 e. The maximum atomic E-state index is 6.17. The zero-order valence-corrected chi connectivity index (χ0v) is 21.6. The SMILES string of the molecule is CC(C)(C)c1ccc2c(n1)oc1ccc(-c3nc4ccccc4n3-c3ccc(-c4ccccc4)cc3)cc12. The van der Waals surface area contributed by atoms with E-state index in [9.17, 15) is 0 Å². The monoisotopic (exact) mass is 493 g/mol. The molecular weight excluding hydrogens is 466 g/mol. The van der Waals surface area contributed by atoms with E-state index >= 15 is 0 Å². The number of nitrogens with zero attached hydrogens (tertiary/aromatic N) is 3. The van der Waals surface area contributed by atoms with Gasteiger partial charge in [-0.1, -0.05) is 75.4 Å². The number of rotatable bonds is 3. The highest BCUT2D eigenvalue weighted by Gasteiger charge is 2.19. The van der Waals surface area contributed by atoms with Gasteiger partial charge in [0.2, 0.25) is 5.71 Å². The van der Waals surface area contributed by atoms with E-state index in [1.165, 1.54) is 11.1 Å². The van der Waals surface area contributed by atoms with Gasteiger partial charge in [0, 0.05) is 33.1 Å². The number of furan rings is 1. The summed E-state index contributed by atoms with van der Waals surface area (Å²) >= 11 is 0. The predicted octanol–water partition coefficient (Wildman–Crippen LogP) is 8.95. The fourth-order valence-corrected chi connectivity index (χ4v) is 5.13. The van der Waals surface area contributed by atoms with E-state index in [0.29, 0.717) is 5.71 Å². The molecule has 0 aliphatic carbocycles. The number of imidazole rings is 1. The Morgan fingerprint density at radius 2 is 1.34 bits per heavy atom. The molecule has 0 radical (unpaired) electrons. The number of hydrogen-bond acceptors (Lipinski definition) is 3. The molecule has 7 rings (SSSR count). The molecule has 0 N–H and O–H groups in total. The molecule has 0 atom stereocenters. The van der Waals surface area contributed by atoms with Crippen LogP contribution in [0.15, 0.2) is 114 Å². The second-order valence-corrected chi connectivity index (χ2v) is 10.8. The third-order valence-corrected chi connectivity index (χ3v) is 7.16. The molecule has 0 fully saturated rings. The van der Waals surface area contributed by atoms with E-state index in [-0.39, 0.29) is 5.41 Å². The molecule has 4 aromatic carbocycles. The highest BCUT2D eigenvalue weighted by atomic mass is 16.3. The van der Waals surface area contributed by atoms with Crippen LogP contribution in [-0.2, 0) is 5.41 Å². The van der Waals surface area contributed by atoms with Crippen molar-refractivity contribution in [3.05, 3.63) is 115 Å². The van der Waals surface area contributed by atoms with Gasteiger partial charge in [0.1, 0.15) is 11.4 Å². The highest BCUT2D eigenvalue weighted by Crippen LogP contribution is 2.35. The Kier molecular flexibility index (Phi) is 4.98. The first-order chi connectivity index (χ1) is 18.5. The highest BCUT2D eigenvalue weighted by molar-refractivity contribution is 6.05. The van der Waals surface area contributed by atoms with Crippen LogP contribution in [0.4, 0.5) is 0 Å². The molecule has 184 valence electrons. The number of para-hydroxylation sites is 2. The average Bonchev–Trinajstić information content (AvgIpc) is 3.51. The van der Waals surface area contributed by atoms with Crippen molar-refractivity contribution >= 4 is 33.1 Å². The molecule has 3 heterocycles. The summed E-state index contributed by atoms with van der Waals surface area (Å²) in [7, 11) is 0. The van der Waals surface area contributed by atoms with Gasteiger partial charge in [-0.15, -0.1) is 0 Å². The zero-order chi connectivity index (χ0) is 25.9. The summed E-state index contributed by atoms with van der Waals surface area (Å²) < 4.78 is 8.41. The maximum Gasteiger partial charge on any atom is 0.227 e. The van der Waals surface area contributed by atoms with Crippen molar-refractivity contribution in [2.24, 2.45) is 0 Å². The van der Waals surface area contributed by atoms with Crippen molar-refractivity contribution in [1.29, 1.82) is 0 Å². The van der Waals surface area contributed by atoms with Crippen molar-refractivity contribution in [2.75, 3.05) is 0 Å². The van der Waals surface area contributed by atoms with Gasteiger partial charge >= 0.3 is 0 Å². The first kappa shape index (κ1) is 22.5. The summed E-state index contributed by atoms with van der Waals surface area (Å²) in [5, 5.41) is 2.06. The van der Waals surface area contributed by atoms with Gasteiger partial charge in [-0.25, -0.2) is 9.97 Å². The molecule has 0 amide bonds. The summed E-state index contributed by atoms with van der Waals surface area (Å²) in [5.74, 6) is 0.897. The Balaban J connectivity index is 1.39. The Morgan fingerprint density at radius 3 is 2.13 bits per heavy atom. The largest absolute Gasteiger partial charge is 0.438 e. The Labute approximate surface area is 221 Å². The lowest BCUT2D eigenvalue weighted by Gasteiger charge is -2.16. The molecule has 0 aliphatic heterocycles. The first-order valence-corrected chi connectivity index (χ1v) is 12.9. The lowest BCUT2D eigenvalue weighted by molar-refractivity contribution is 0.562. The van der Waals surface area contributed by atoms with Crippen LogP contribution in [0.1, 0.15) is 26.5 Å². The van der Waals surface area contributed by atoms with Crippen LogP contribution in [0, 0.1) is 0 Å². The molecule has 4 heteroatoms. The molecule has 0 spiro atoms. The van der Waals surface area contributed by atoms with E-state index in [2.05, 4.69) is 116 Å². The fourth-order valence-electron chi connectivity index (χ4n) is 5.13. The van der Waals surface area contributed by atoms with E-state index in [4.69, 9.17) is 14.4 Å². The molecule has 4 nitrogen and oxygen atoms in total. The van der Waals surface area contributed by atoms with Gasteiger partial charge in [-0.3, -0.25) is 4.57 Å². The van der Waals surface area contributed by atoms with E-state index in [1.54, 1.807) is 0 Å². The standard InChI is InChI=1S/C34H27N3O/c1-34(2,3)31-20-18-26-27-21-24(15-19-30(27)38-33(26)36-31)32-35-28-11-7-8-12-29(28)37(32)25-16-13-23(14-17-25)22-9-5-4-6-10-22/h4-21H,1-3H3. The number of benzene rings is 4. The Bertz CT molecular complexity index is 1940. The molecule has 7 aromatic rings. The molecule has 0 bridgehead atoms. The lowest BCUT2D eigenvalue weighted by Crippen LogP contribution is -2.12. The van der Waals surface area contributed by atoms with Gasteiger partial charge in [-0.2, -0.15) is 0 Å². The van der Waals surface area contributed by atoms with E-state index < -0.39 is 0 Å². The lowest BCUT2D eigenvalue weighted by atomic mass is 9.91. The summed E-state index contributed by atoms with van der Waals surface area (Å²) in [6.45, 7) is 6.50. The minimum absolute atomic E-state index is 0.0424. The molecule has 0 aliphatic rings. The van der Waals surface area contributed by atoms with Crippen molar-refractivity contribution in [3.63, 3.8) is 0 Å². The number of hydrogen-bond donors (Lipinski definition) is 0. The molecular formula is C34H27N3O. The minimum atomic E-state index is -0.0424. The van der Waals surface area contributed by atoms with Crippen LogP contribution in [0.3, 0.4) is 0 Å². The summed E-state index contributed by atoms with van der Waals surface area (Å²) in [6.07, 6.45) is 0. The summed E-state index contributed by atoms with van der Waals surface area (Å²) in [6, 6.07) is 38.0. The van der Waals surface area contributed by atoms with Crippen LogP contribution < -0.4 is 0 Å². The van der Waals surface area contributed by atoms with Crippen LogP contribution in [0.5, 0.6) is 0 Å². The molecule has 0 unspecified atom stereocenters. The number of pyridine rings is 1. The van der Waals surface area contributed by atoms with Gasteiger partial charge in [0.05, 0.1) is 11.0 Å². The van der Waals surface area contributed by atoms with Gasteiger partial charge < -0.3 is 4.42 Å². The smallest absolute Gasteiger partial charge is 0.227 e. The van der Waals surface area contributed by atoms with Crippen molar-refractivity contribution in [2.45, 2.75) is 26.2 Å². The first-order valence-electron chi connectivity index (χ1n) is 12.9. The van der Waals surface area contributed by atoms with Crippen molar-refractivity contribution in [3.8, 4) is 28.2 Å². The fraction of sp³-hybridized carbons (Fsp3) is 0.118. The van der Waals surface area contributed by atoms with Crippen molar-refractivity contribution in [1.82, 2.24) is 14.5 Å². The maximum absolute atomic E-state index is 6.17. The topological polar surface area (TPSA) is 43.9 Å². The average molecular weight is 494 g/mol. The zero-order valence-electron chi connectivity index (χ0n) is 21.6. The van der Waals surface area contributed by atoms with Gasteiger partial charge in [0.15, 0.2) is 0 Å². The van der Waals surface area contributed by atoms with E-state index in [0.717, 1.165) is 50.2 Å². The van der Waals surface area contributed by atoms with Gasteiger partial charge in [-0.05, 0) is 65.7 Å². The normalized spacial score (nSPS) is 12.1. The van der Waals surface area contributed by atoms with Crippen LogP contribution in [-0.4, -0.2) is 14.5 Å². The molecule has 38 heavy (non-hydrogen) atoms. The second kappa shape index (κ2) is 8.42. The molecule has 0 saturated heterocycles. The number of aromatic nitrogens is 3.